The molecule has 3 aromatic rings. The zero-order chi connectivity index (χ0) is 22.3. The Balaban J connectivity index is 1.70. The van der Waals surface area contributed by atoms with Gasteiger partial charge in [-0.05, 0) is 51.7 Å². The van der Waals surface area contributed by atoms with Gasteiger partial charge in [0.2, 0.25) is 0 Å². The minimum atomic E-state index is -0.793. The van der Waals surface area contributed by atoms with Crippen LogP contribution in [0.1, 0.15) is 56.4 Å². The molecule has 0 radical (unpaired) electrons. The molecule has 31 heavy (non-hydrogen) atoms. The Morgan fingerprint density at radius 2 is 2.19 bits per heavy atom. The van der Waals surface area contributed by atoms with Crippen molar-refractivity contribution in [2.24, 2.45) is 5.92 Å². The van der Waals surface area contributed by atoms with Crippen LogP contribution in [0.3, 0.4) is 0 Å². The number of hydrogen-bond donors (Lipinski definition) is 3. The van der Waals surface area contributed by atoms with Gasteiger partial charge in [0.15, 0.2) is 11.4 Å². The van der Waals surface area contributed by atoms with Crippen LogP contribution in [0.15, 0.2) is 35.4 Å². The maximum atomic E-state index is 13.0. The van der Waals surface area contributed by atoms with E-state index in [4.69, 9.17) is 0 Å². The molecule has 2 atom stereocenters. The van der Waals surface area contributed by atoms with Crippen LogP contribution in [-0.4, -0.2) is 42.7 Å². The van der Waals surface area contributed by atoms with Crippen molar-refractivity contribution in [2.45, 2.75) is 51.7 Å². The summed E-state index contributed by atoms with van der Waals surface area (Å²) in [6, 6.07) is 5.27. The van der Waals surface area contributed by atoms with Crippen LogP contribution in [0.4, 0.5) is 17.3 Å². The highest BCUT2D eigenvalue weighted by Crippen LogP contribution is 2.41. The molecule has 0 amide bonds. The minimum Gasteiger partial charge on any atom is -0.390 e. The number of aromatic nitrogens is 4. The van der Waals surface area contributed by atoms with Crippen LogP contribution in [0.2, 0.25) is 0 Å². The molecule has 3 heterocycles. The van der Waals surface area contributed by atoms with E-state index in [1.807, 2.05) is 13.8 Å². The molecule has 3 aromatic heterocycles. The number of hydrogen-bond acceptors (Lipinski definition) is 7. The molecule has 0 unspecified atom stereocenters. The van der Waals surface area contributed by atoms with E-state index in [-0.39, 0.29) is 29.7 Å². The third kappa shape index (κ3) is 3.81. The Labute approximate surface area is 180 Å². The first-order valence-corrected chi connectivity index (χ1v) is 10.5. The standard InChI is InChI=1S/C22H28N6O3/c1-13(2)27-9-5-6-16(21(27)30)25-18-11-19(23-4)28-20(26-18)15(12-24-28)17(29)10-14-7-8-22(14,3)31/h5-6,9,11-14,23,31H,7-8,10H2,1-4H3,(H,25,26)/t14-,22-/m1/s1. The molecule has 1 aliphatic rings. The number of fused-ring (bicyclic) bond motifs is 1. The van der Waals surface area contributed by atoms with Crippen molar-refractivity contribution in [1.82, 2.24) is 19.2 Å². The molecule has 164 valence electrons. The van der Waals surface area contributed by atoms with Crippen LogP contribution in [-0.2, 0) is 0 Å². The average Bonchev–Trinajstić information content (AvgIpc) is 3.16. The zero-order valence-corrected chi connectivity index (χ0v) is 18.2. The van der Waals surface area contributed by atoms with Gasteiger partial charge in [0, 0.05) is 31.8 Å². The Bertz CT molecular complexity index is 1190. The minimum absolute atomic E-state index is 0.0281. The summed E-state index contributed by atoms with van der Waals surface area (Å²) in [6.45, 7) is 5.66. The third-order valence-electron chi connectivity index (χ3n) is 6.13. The number of aliphatic hydroxyl groups is 1. The van der Waals surface area contributed by atoms with Crippen molar-refractivity contribution < 1.29 is 9.90 Å². The molecule has 1 saturated carbocycles. The average molecular weight is 425 g/mol. The quantitative estimate of drug-likeness (QED) is 0.500. The summed E-state index contributed by atoms with van der Waals surface area (Å²) >= 11 is 0. The Morgan fingerprint density at radius 1 is 1.42 bits per heavy atom. The molecule has 1 fully saturated rings. The van der Waals surface area contributed by atoms with Crippen molar-refractivity contribution in [3.8, 4) is 0 Å². The van der Waals surface area contributed by atoms with Crippen LogP contribution in [0.5, 0.6) is 0 Å². The van der Waals surface area contributed by atoms with Gasteiger partial charge < -0.3 is 20.3 Å². The predicted molar refractivity (Wildman–Crippen MR) is 119 cm³/mol. The molecular formula is C22H28N6O3. The summed E-state index contributed by atoms with van der Waals surface area (Å²) in [5.74, 6) is 0.898. The van der Waals surface area contributed by atoms with Crippen molar-refractivity contribution in [3.63, 3.8) is 0 Å². The summed E-state index contributed by atoms with van der Waals surface area (Å²) in [4.78, 5) is 30.3. The lowest BCUT2D eigenvalue weighted by atomic mass is 9.68. The highest BCUT2D eigenvalue weighted by molar-refractivity contribution is 6.01. The fourth-order valence-electron chi connectivity index (χ4n) is 3.97. The number of pyridine rings is 1. The number of nitrogens with one attached hydrogen (secondary N) is 2. The largest absolute Gasteiger partial charge is 0.390 e. The molecule has 0 aliphatic heterocycles. The lowest BCUT2D eigenvalue weighted by molar-refractivity contribution is -0.0773. The second kappa shape index (κ2) is 7.81. The van der Waals surface area contributed by atoms with Gasteiger partial charge in [-0.15, -0.1) is 0 Å². The smallest absolute Gasteiger partial charge is 0.274 e. The number of ketones is 1. The van der Waals surface area contributed by atoms with E-state index >= 15 is 0 Å². The van der Waals surface area contributed by atoms with Gasteiger partial charge in [0.1, 0.15) is 17.3 Å². The molecule has 4 rings (SSSR count). The SMILES string of the molecule is CNc1cc(Nc2cccn(C(C)C)c2=O)nc2c(C(=O)C[C@H]3CC[C@@]3(C)O)cnn12. The van der Waals surface area contributed by atoms with Crippen LogP contribution in [0, 0.1) is 5.92 Å². The van der Waals surface area contributed by atoms with Gasteiger partial charge in [0.25, 0.3) is 5.56 Å². The van der Waals surface area contributed by atoms with E-state index in [0.717, 1.165) is 6.42 Å². The second-order valence-electron chi connectivity index (χ2n) is 8.64. The molecule has 9 heteroatoms. The first kappa shape index (κ1) is 21.0. The lowest BCUT2D eigenvalue weighted by Crippen LogP contribution is -2.45. The van der Waals surface area contributed by atoms with Crippen molar-refractivity contribution in [3.05, 3.63) is 46.5 Å². The first-order chi connectivity index (χ1) is 14.7. The highest BCUT2D eigenvalue weighted by Gasteiger charge is 2.42. The summed E-state index contributed by atoms with van der Waals surface area (Å²) in [5.41, 5.74) is 0.252. The Kier molecular flexibility index (Phi) is 5.30. The second-order valence-corrected chi connectivity index (χ2v) is 8.64. The normalized spacial score (nSPS) is 20.6. The van der Waals surface area contributed by atoms with Crippen molar-refractivity contribution in [1.29, 1.82) is 0 Å². The predicted octanol–water partition coefficient (Wildman–Crippen LogP) is 2.99. The number of carbonyl (C=O) groups excluding carboxylic acids is 1. The lowest BCUT2D eigenvalue weighted by Gasteiger charge is -2.42. The first-order valence-electron chi connectivity index (χ1n) is 10.5. The Morgan fingerprint density at radius 3 is 2.81 bits per heavy atom. The number of Topliss-reactive ketones (excluding diaryl/α,β-unsaturated/α-hetero) is 1. The summed E-state index contributed by atoms with van der Waals surface area (Å²) in [6.07, 6.45) is 5.05. The van der Waals surface area contributed by atoms with E-state index in [1.54, 1.807) is 47.4 Å². The summed E-state index contributed by atoms with van der Waals surface area (Å²) < 4.78 is 3.20. The van der Waals surface area contributed by atoms with Gasteiger partial charge in [-0.2, -0.15) is 9.61 Å². The van der Waals surface area contributed by atoms with Crippen LogP contribution in [0.25, 0.3) is 5.65 Å². The van der Waals surface area contributed by atoms with Crippen LogP contribution >= 0.6 is 0 Å². The maximum absolute atomic E-state index is 13.0. The fourth-order valence-corrected chi connectivity index (χ4v) is 3.97. The van der Waals surface area contributed by atoms with Crippen molar-refractivity contribution in [2.75, 3.05) is 17.7 Å². The van der Waals surface area contributed by atoms with Crippen molar-refractivity contribution >= 4 is 28.8 Å². The molecule has 0 spiro atoms. The number of anilines is 3. The van der Waals surface area contributed by atoms with Gasteiger partial charge in [0.05, 0.1) is 17.4 Å². The number of rotatable bonds is 7. The van der Waals surface area contributed by atoms with E-state index in [0.29, 0.717) is 35.0 Å². The molecule has 1 aliphatic carbocycles. The monoisotopic (exact) mass is 424 g/mol. The molecular weight excluding hydrogens is 396 g/mol. The zero-order valence-electron chi connectivity index (χ0n) is 18.2. The topological polar surface area (TPSA) is 114 Å². The van der Waals surface area contributed by atoms with E-state index in [2.05, 4.69) is 20.7 Å². The van der Waals surface area contributed by atoms with Gasteiger partial charge in [-0.25, -0.2) is 4.98 Å². The fraction of sp³-hybridized carbons (Fsp3) is 0.455. The number of carbonyl (C=O) groups is 1. The van der Waals surface area contributed by atoms with E-state index in [9.17, 15) is 14.7 Å². The van der Waals surface area contributed by atoms with E-state index in [1.165, 1.54) is 6.20 Å². The van der Waals surface area contributed by atoms with E-state index < -0.39 is 5.60 Å². The third-order valence-corrected chi connectivity index (χ3v) is 6.13. The molecule has 3 N–H and O–H groups in total. The highest BCUT2D eigenvalue weighted by atomic mass is 16.3. The number of nitrogens with zero attached hydrogens (tertiary/aromatic N) is 4. The molecule has 0 aromatic carbocycles. The van der Waals surface area contributed by atoms with Gasteiger partial charge >= 0.3 is 0 Å². The molecule has 9 nitrogen and oxygen atoms in total. The molecule has 0 bridgehead atoms. The maximum Gasteiger partial charge on any atom is 0.274 e. The van der Waals surface area contributed by atoms with Gasteiger partial charge in [-0.1, -0.05) is 0 Å². The molecule has 0 saturated heterocycles. The Hall–Kier alpha value is -3.20. The van der Waals surface area contributed by atoms with Crippen LogP contribution < -0.4 is 16.2 Å². The van der Waals surface area contributed by atoms with Gasteiger partial charge in [-0.3, -0.25) is 9.59 Å². The summed E-state index contributed by atoms with van der Waals surface area (Å²) in [5, 5.41) is 20.7. The summed E-state index contributed by atoms with van der Waals surface area (Å²) in [7, 11) is 1.75.